The van der Waals surface area contributed by atoms with Crippen molar-refractivity contribution in [2.24, 2.45) is 0 Å². The largest absolute Gasteiger partial charge is 0.497 e. The number of anilines is 1. The lowest BCUT2D eigenvalue weighted by atomic mass is 9.99. The Morgan fingerprint density at radius 3 is 2.87 bits per heavy atom. The van der Waals surface area contributed by atoms with Gasteiger partial charge in [-0.1, -0.05) is 12.1 Å². The van der Waals surface area contributed by atoms with Crippen LogP contribution in [0.4, 0.5) is 5.95 Å². The molecule has 2 aromatic heterocycles. The van der Waals surface area contributed by atoms with Gasteiger partial charge in [0.05, 0.1) is 36.0 Å². The molecule has 4 rings (SSSR count). The van der Waals surface area contributed by atoms with Gasteiger partial charge in [-0.05, 0) is 37.5 Å². The van der Waals surface area contributed by atoms with Gasteiger partial charge in [-0.2, -0.15) is 0 Å². The molecular formula is C23H27N5O2S. The Balaban J connectivity index is 1.71. The molecule has 3 heterocycles. The predicted molar refractivity (Wildman–Crippen MR) is 123 cm³/mol. The zero-order valence-corrected chi connectivity index (χ0v) is 19.1. The van der Waals surface area contributed by atoms with E-state index in [1.54, 1.807) is 18.4 Å². The molecular weight excluding hydrogens is 410 g/mol. The van der Waals surface area contributed by atoms with E-state index in [4.69, 9.17) is 9.72 Å². The van der Waals surface area contributed by atoms with Crippen LogP contribution >= 0.6 is 11.3 Å². The number of carbonyl (C=O) groups is 1. The summed E-state index contributed by atoms with van der Waals surface area (Å²) >= 11 is 1.57. The summed E-state index contributed by atoms with van der Waals surface area (Å²) in [6.07, 6.45) is 4.01. The molecule has 1 aromatic carbocycles. The van der Waals surface area contributed by atoms with Crippen molar-refractivity contribution in [3.05, 3.63) is 52.2 Å². The van der Waals surface area contributed by atoms with Gasteiger partial charge in [-0.25, -0.2) is 15.0 Å². The average molecular weight is 438 g/mol. The van der Waals surface area contributed by atoms with Gasteiger partial charge >= 0.3 is 0 Å². The Kier molecular flexibility index (Phi) is 6.18. The van der Waals surface area contributed by atoms with Crippen LogP contribution in [0.3, 0.4) is 0 Å². The normalized spacial score (nSPS) is 15.9. The summed E-state index contributed by atoms with van der Waals surface area (Å²) in [6, 6.07) is 7.80. The van der Waals surface area contributed by atoms with Crippen molar-refractivity contribution in [3.8, 4) is 16.9 Å². The first-order chi connectivity index (χ1) is 15.0. The molecule has 1 saturated heterocycles. The van der Waals surface area contributed by atoms with Crippen molar-refractivity contribution in [2.75, 3.05) is 32.6 Å². The minimum atomic E-state index is -0.0878. The molecule has 1 aliphatic rings. The maximum atomic E-state index is 13.2. The van der Waals surface area contributed by atoms with Crippen molar-refractivity contribution in [1.82, 2.24) is 19.9 Å². The zero-order valence-electron chi connectivity index (χ0n) is 18.3. The number of hydrogen-bond donors (Lipinski definition) is 0. The number of likely N-dealkylation sites (tertiary alicyclic amines) is 1. The number of benzene rings is 1. The molecule has 0 bridgehead atoms. The summed E-state index contributed by atoms with van der Waals surface area (Å²) in [4.78, 5) is 30.9. The maximum absolute atomic E-state index is 13.2. The van der Waals surface area contributed by atoms with Gasteiger partial charge in [-0.15, -0.1) is 11.3 Å². The molecule has 3 aromatic rings. The maximum Gasteiger partial charge on any atom is 0.229 e. The van der Waals surface area contributed by atoms with Crippen LogP contribution in [0.25, 0.3) is 11.1 Å². The van der Waals surface area contributed by atoms with E-state index in [1.165, 1.54) is 0 Å². The van der Waals surface area contributed by atoms with Crippen molar-refractivity contribution < 1.29 is 9.53 Å². The second-order valence-corrected chi connectivity index (χ2v) is 8.94. The lowest BCUT2D eigenvalue weighted by Gasteiger charge is -2.27. The monoisotopic (exact) mass is 437 g/mol. The number of rotatable bonds is 6. The lowest BCUT2D eigenvalue weighted by Crippen LogP contribution is -2.33. The Morgan fingerprint density at radius 2 is 2.16 bits per heavy atom. The Hall–Kier alpha value is -3.00. The second-order valence-electron chi connectivity index (χ2n) is 7.88. The van der Waals surface area contributed by atoms with Crippen LogP contribution in [-0.4, -0.2) is 53.5 Å². The van der Waals surface area contributed by atoms with Gasteiger partial charge in [-0.3, -0.25) is 4.79 Å². The molecule has 0 aliphatic carbocycles. The molecule has 1 amide bonds. The van der Waals surface area contributed by atoms with Crippen LogP contribution in [-0.2, 0) is 11.2 Å². The number of ether oxygens (including phenoxy) is 1. The van der Waals surface area contributed by atoms with Gasteiger partial charge in [0, 0.05) is 37.8 Å². The van der Waals surface area contributed by atoms with E-state index in [1.807, 2.05) is 66.7 Å². The number of aromatic nitrogens is 3. The smallest absolute Gasteiger partial charge is 0.229 e. The highest BCUT2D eigenvalue weighted by atomic mass is 32.1. The fraction of sp³-hybridized carbons (Fsp3) is 0.391. The van der Waals surface area contributed by atoms with Crippen molar-refractivity contribution in [3.63, 3.8) is 0 Å². The average Bonchev–Trinajstić information content (AvgIpc) is 3.42. The third-order valence-electron chi connectivity index (χ3n) is 5.47. The Bertz CT molecular complexity index is 1080. The summed E-state index contributed by atoms with van der Waals surface area (Å²) in [5.41, 5.74) is 3.63. The minimum absolute atomic E-state index is 0.0878. The topological polar surface area (TPSA) is 71.5 Å². The number of carbonyl (C=O) groups excluding carboxylic acids is 1. The quantitative estimate of drug-likeness (QED) is 0.583. The zero-order chi connectivity index (χ0) is 22.0. The minimum Gasteiger partial charge on any atom is -0.497 e. The number of aryl methyl sites for hydroxylation is 1. The van der Waals surface area contributed by atoms with Gasteiger partial charge in [0.2, 0.25) is 11.9 Å². The van der Waals surface area contributed by atoms with E-state index in [-0.39, 0.29) is 11.9 Å². The highest BCUT2D eigenvalue weighted by Crippen LogP contribution is 2.38. The molecule has 31 heavy (non-hydrogen) atoms. The van der Waals surface area contributed by atoms with E-state index in [0.717, 1.165) is 52.7 Å². The molecule has 1 aliphatic heterocycles. The van der Waals surface area contributed by atoms with E-state index in [9.17, 15) is 4.79 Å². The van der Waals surface area contributed by atoms with Gasteiger partial charge in [0.1, 0.15) is 5.75 Å². The Morgan fingerprint density at radius 1 is 1.32 bits per heavy atom. The SMILES string of the molecule is COc1cccc(-c2cnc(N(C)C)nc2C2CCCN2C(=O)Cc2csc(C)n2)c1. The fourth-order valence-electron chi connectivity index (χ4n) is 3.96. The third kappa shape index (κ3) is 4.54. The van der Waals surface area contributed by atoms with Gasteiger partial charge in [0.25, 0.3) is 0 Å². The van der Waals surface area contributed by atoms with Crippen molar-refractivity contribution in [2.45, 2.75) is 32.2 Å². The van der Waals surface area contributed by atoms with Crippen LogP contribution in [0.1, 0.15) is 35.3 Å². The molecule has 8 heteroatoms. The van der Waals surface area contributed by atoms with Crippen LogP contribution in [0.2, 0.25) is 0 Å². The van der Waals surface area contributed by atoms with Crippen LogP contribution in [0, 0.1) is 6.92 Å². The summed E-state index contributed by atoms with van der Waals surface area (Å²) in [5, 5.41) is 2.95. The molecule has 0 radical (unpaired) electrons. The first-order valence-electron chi connectivity index (χ1n) is 10.4. The van der Waals surface area contributed by atoms with Crippen molar-refractivity contribution in [1.29, 1.82) is 0 Å². The summed E-state index contributed by atoms with van der Waals surface area (Å²) in [6.45, 7) is 2.69. The fourth-order valence-corrected chi connectivity index (χ4v) is 4.58. The number of nitrogens with zero attached hydrogens (tertiary/aromatic N) is 5. The molecule has 0 saturated carbocycles. The molecule has 1 atom stereocenters. The van der Waals surface area contributed by atoms with E-state index in [2.05, 4.69) is 9.97 Å². The van der Waals surface area contributed by atoms with E-state index in [0.29, 0.717) is 12.4 Å². The number of thiazole rings is 1. The van der Waals surface area contributed by atoms with E-state index < -0.39 is 0 Å². The molecule has 1 unspecified atom stereocenters. The highest BCUT2D eigenvalue weighted by Gasteiger charge is 2.33. The summed E-state index contributed by atoms with van der Waals surface area (Å²) in [5.74, 6) is 1.50. The summed E-state index contributed by atoms with van der Waals surface area (Å²) in [7, 11) is 5.50. The number of methoxy groups -OCH3 is 1. The van der Waals surface area contributed by atoms with Gasteiger partial charge in [0.15, 0.2) is 0 Å². The predicted octanol–water partition coefficient (Wildman–Crippen LogP) is 3.89. The second kappa shape index (κ2) is 9.01. The number of hydrogen-bond acceptors (Lipinski definition) is 7. The van der Waals surface area contributed by atoms with E-state index >= 15 is 0 Å². The molecule has 0 spiro atoms. The van der Waals surface area contributed by atoms with Crippen LogP contribution in [0.15, 0.2) is 35.8 Å². The molecule has 7 nitrogen and oxygen atoms in total. The van der Waals surface area contributed by atoms with Gasteiger partial charge < -0.3 is 14.5 Å². The highest BCUT2D eigenvalue weighted by molar-refractivity contribution is 7.09. The Labute approximate surface area is 186 Å². The lowest BCUT2D eigenvalue weighted by molar-refractivity contribution is -0.131. The third-order valence-corrected chi connectivity index (χ3v) is 6.30. The van der Waals surface area contributed by atoms with Crippen LogP contribution < -0.4 is 9.64 Å². The standard InChI is InChI=1S/C23H27N5O2S/c1-15-25-17(14-31-15)12-21(29)28-10-6-9-20(28)22-19(13-24-23(26-22)27(2)3)16-7-5-8-18(11-16)30-4/h5,7-8,11,13-14,20H,6,9-10,12H2,1-4H3. The first kappa shape index (κ1) is 21.2. The molecule has 0 N–H and O–H groups in total. The van der Waals surface area contributed by atoms with Crippen molar-refractivity contribution >= 4 is 23.2 Å². The summed E-state index contributed by atoms with van der Waals surface area (Å²) < 4.78 is 5.41. The first-order valence-corrected chi connectivity index (χ1v) is 11.2. The van der Waals surface area contributed by atoms with Crippen LogP contribution in [0.5, 0.6) is 5.75 Å². The molecule has 162 valence electrons. The molecule has 1 fully saturated rings. The number of amides is 1.